The molecule has 0 unspecified atom stereocenters. The Bertz CT molecular complexity index is 484. The van der Waals surface area contributed by atoms with E-state index in [-0.39, 0.29) is 5.69 Å². The van der Waals surface area contributed by atoms with Crippen LogP contribution in [0, 0.1) is 6.92 Å². The molecule has 1 N–H and O–H groups in total. The molecular weight excluding hydrogens is 186 g/mol. The molecule has 14 heavy (non-hydrogen) atoms. The quantitative estimate of drug-likeness (QED) is 0.615. The summed E-state index contributed by atoms with van der Waals surface area (Å²) >= 11 is 0. The van der Waals surface area contributed by atoms with Crippen LogP contribution in [0.4, 0.5) is 5.69 Å². The molecule has 0 aliphatic carbocycles. The summed E-state index contributed by atoms with van der Waals surface area (Å²) in [6, 6.07) is 0. The number of carbonyl (C=O) groups is 1. The van der Waals surface area contributed by atoms with Gasteiger partial charge in [-0.1, -0.05) is 0 Å². The molecule has 0 aliphatic rings. The van der Waals surface area contributed by atoms with E-state index in [0.717, 1.165) is 4.57 Å². The minimum Gasteiger partial charge on any atom is -0.323 e. The van der Waals surface area contributed by atoms with Crippen LogP contribution < -0.4 is 16.6 Å². The summed E-state index contributed by atoms with van der Waals surface area (Å²) in [5, 5.41) is 2.28. The lowest BCUT2D eigenvalue weighted by molar-refractivity contribution is -0.105. The van der Waals surface area contributed by atoms with E-state index in [9.17, 15) is 14.4 Å². The van der Waals surface area contributed by atoms with E-state index in [2.05, 4.69) is 5.32 Å². The molecule has 0 radical (unpaired) electrons. The largest absolute Gasteiger partial charge is 0.330 e. The zero-order valence-corrected chi connectivity index (χ0v) is 8.20. The molecule has 1 rings (SSSR count). The molecule has 1 aromatic heterocycles. The van der Waals surface area contributed by atoms with Crippen LogP contribution >= 0.6 is 0 Å². The molecule has 0 saturated carbocycles. The third kappa shape index (κ3) is 1.34. The maximum Gasteiger partial charge on any atom is 0.330 e. The molecule has 0 aromatic carbocycles. The maximum atomic E-state index is 11.5. The van der Waals surface area contributed by atoms with Gasteiger partial charge in [-0.05, 0) is 6.92 Å². The Morgan fingerprint density at radius 3 is 2.29 bits per heavy atom. The summed E-state index contributed by atoms with van der Waals surface area (Å²) < 4.78 is 2.24. The lowest BCUT2D eigenvalue weighted by Crippen LogP contribution is -2.39. The van der Waals surface area contributed by atoms with Crippen molar-refractivity contribution in [2.75, 3.05) is 5.32 Å². The van der Waals surface area contributed by atoms with Crippen molar-refractivity contribution < 1.29 is 4.79 Å². The van der Waals surface area contributed by atoms with Crippen LogP contribution in [0.25, 0.3) is 0 Å². The SMILES string of the molecule is Cc1c(NC=O)c(=O)n(C)c(=O)n1C. The van der Waals surface area contributed by atoms with E-state index in [4.69, 9.17) is 0 Å². The van der Waals surface area contributed by atoms with Gasteiger partial charge in [-0.25, -0.2) is 4.79 Å². The summed E-state index contributed by atoms with van der Waals surface area (Å²) in [5.74, 6) is 0. The fraction of sp³-hybridized carbons (Fsp3) is 0.375. The van der Waals surface area contributed by atoms with Gasteiger partial charge in [-0.15, -0.1) is 0 Å². The van der Waals surface area contributed by atoms with E-state index >= 15 is 0 Å². The van der Waals surface area contributed by atoms with Crippen LogP contribution in [-0.4, -0.2) is 15.5 Å². The van der Waals surface area contributed by atoms with E-state index in [1.807, 2.05) is 0 Å². The van der Waals surface area contributed by atoms with Crippen molar-refractivity contribution in [2.24, 2.45) is 14.1 Å². The van der Waals surface area contributed by atoms with Crippen LogP contribution in [0.3, 0.4) is 0 Å². The third-order valence-corrected chi connectivity index (χ3v) is 2.16. The Kier molecular flexibility index (Phi) is 2.55. The smallest absolute Gasteiger partial charge is 0.323 e. The number of aromatic nitrogens is 2. The van der Waals surface area contributed by atoms with Gasteiger partial charge < -0.3 is 5.32 Å². The molecule has 0 saturated heterocycles. The Labute approximate surface area is 79.8 Å². The van der Waals surface area contributed by atoms with Crippen LogP contribution in [0.1, 0.15) is 5.69 Å². The molecule has 6 heteroatoms. The molecule has 0 bridgehead atoms. The van der Waals surface area contributed by atoms with Crippen LogP contribution in [0.15, 0.2) is 9.59 Å². The minimum absolute atomic E-state index is 0.129. The van der Waals surface area contributed by atoms with Crippen molar-refractivity contribution in [1.82, 2.24) is 9.13 Å². The second-order valence-electron chi connectivity index (χ2n) is 2.93. The zero-order valence-electron chi connectivity index (χ0n) is 8.20. The number of nitrogens with one attached hydrogen (secondary N) is 1. The first kappa shape index (κ1) is 10.2. The molecule has 0 atom stereocenters. The standard InChI is InChI=1S/C8H11N3O3/c1-5-6(9-4-12)7(13)11(3)8(14)10(5)2/h4H,1-3H3,(H,9,12). The van der Waals surface area contributed by atoms with E-state index in [0.29, 0.717) is 12.1 Å². The highest BCUT2D eigenvalue weighted by Gasteiger charge is 2.10. The topological polar surface area (TPSA) is 73.1 Å². The van der Waals surface area contributed by atoms with Crippen LogP contribution in [0.2, 0.25) is 0 Å². The van der Waals surface area contributed by atoms with Crippen LogP contribution in [0.5, 0.6) is 0 Å². The van der Waals surface area contributed by atoms with Crippen molar-refractivity contribution in [3.63, 3.8) is 0 Å². The average Bonchev–Trinajstić information content (AvgIpc) is 2.19. The van der Waals surface area contributed by atoms with Gasteiger partial charge in [-0.2, -0.15) is 0 Å². The highest BCUT2D eigenvalue weighted by atomic mass is 16.2. The summed E-state index contributed by atoms with van der Waals surface area (Å²) in [4.78, 5) is 33.1. The number of carbonyl (C=O) groups excluding carboxylic acids is 1. The monoisotopic (exact) mass is 197 g/mol. The van der Waals surface area contributed by atoms with Gasteiger partial charge in [0, 0.05) is 19.8 Å². The van der Waals surface area contributed by atoms with E-state index < -0.39 is 11.2 Å². The first-order valence-corrected chi connectivity index (χ1v) is 3.97. The second-order valence-corrected chi connectivity index (χ2v) is 2.93. The van der Waals surface area contributed by atoms with Gasteiger partial charge in [0.15, 0.2) is 0 Å². The molecule has 76 valence electrons. The first-order valence-electron chi connectivity index (χ1n) is 3.97. The summed E-state index contributed by atoms with van der Waals surface area (Å²) in [6.07, 6.45) is 0.411. The highest BCUT2D eigenvalue weighted by Crippen LogP contribution is 2.02. The Morgan fingerprint density at radius 1 is 1.21 bits per heavy atom. The number of amides is 1. The molecule has 1 amide bonds. The number of hydrogen-bond donors (Lipinski definition) is 1. The normalized spacial score (nSPS) is 9.93. The Balaban J connectivity index is 3.68. The molecule has 1 aromatic rings. The molecule has 6 nitrogen and oxygen atoms in total. The summed E-state index contributed by atoms with van der Waals surface area (Å²) in [6.45, 7) is 1.59. The van der Waals surface area contributed by atoms with Gasteiger partial charge in [0.1, 0.15) is 5.69 Å². The Hall–Kier alpha value is -1.85. The van der Waals surface area contributed by atoms with Crippen molar-refractivity contribution >= 4 is 12.1 Å². The number of anilines is 1. The zero-order chi connectivity index (χ0) is 10.9. The number of rotatable bonds is 2. The fourth-order valence-corrected chi connectivity index (χ4v) is 1.17. The van der Waals surface area contributed by atoms with Crippen molar-refractivity contribution in [3.05, 3.63) is 26.5 Å². The van der Waals surface area contributed by atoms with Gasteiger partial charge in [-0.3, -0.25) is 18.7 Å². The second kappa shape index (κ2) is 3.49. The van der Waals surface area contributed by atoms with Crippen molar-refractivity contribution in [2.45, 2.75) is 6.92 Å². The van der Waals surface area contributed by atoms with Gasteiger partial charge >= 0.3 is 5.69 Å². The minimum atomic E-state index is -0.502. The number of hydrogen-bond acceptors (Lipinski definition) is 3. The van der Waals surface area contributed by atoms with Crippen molar-refractivity contribution in [1.29, 1.82) is 0 Å². The molecule has 0 spiro atoms. The highest BCUT2D eigenvalue weighted by molar-refractivity contribution is 5.71. The van der Waals surface area contributed by atoms with Crippen molar-refractivity contribution in [3.8, 4) is 0 Å². The van der Waals surface area contributed by atoms with E-state index in [1.54, 1.807) is 6.92 Å². The van der Waals surface area contributed by atoms with Gasteiger partial charge in [0.05, 0.1) is 0 Å². The molecule has 0 fully saturated rings. The summed E-state index contributed by atoms with van der Waals surface area (Å²) in [5.41, 5.74) is -0.351. The summed E-state index contributed by atoms with van der Waals surface area (Å²) in [7, 11) is 2.90. The number of nitrogens with zero attached hydrogens (tertiary/aromatic N) is 2. The average molecular weight is 197 g/mol. The van der Waals surface area contributed by atoms with Crippen LogP contribution in [-0.2, 0) is 18.9 Å². The lowest BCUT2D eigenvalue weighted by Gasteiger charge is -2.10. The fourth-order valence-electron chi connectivity index (χ4n) is 1.17. The van der Waals surface area contributed by atoms with Gasteiger partial charge in [0.2, 0.25) is 6.41 Å². The predicted octanol–water partition coefficient (Wildman–Crippen LogP) is -1.04. The molecule has 1 heterocycles. The third-order valence-electron chi connectivity index (χ3n) is 2.16. The molecule has 0 aliphatic heterocycles. The molecular formula is C8H11N3O3. The van der Waals surface area contributed by atoms with Gasteiger partial charge in [0.25, 0.3) is 5.56 Å². The first-order chi connectivity index (χ1) is 6.50. The predicted molar refractivity (Wildman–Crippen MR) is 51.3 cm³/mol. The van der Waals surface area contributed by atoms with E-state index in [1.165, 1.54) is 18.7 Å². The maximum absolute atomic E-state index is 11.5. The lowest BCUT2D eigenvalue weighted by atomic mass is 10.3. The Morgan fingerprint density at radius 2 is 1.79 bits per heavy atom.